The van der Waals surface area contributed by atoms with Crippen molar-refractivity contribution in [2.75, 3.05) is 0 Å². The van der Waals surface area contributed by atoms with E-state index in [9.17, 15) is 0 Å². The molecule has 0 N–H and O–H groups in total. The summed E-state index contributed by atoms with van der Waals surface area (Å²) in [4.78, 5) is 0. The number of halogens is 1. The van der Waals surface area contributed by atoms with Gasteiger partial charge in [0.2, 0.25) is 0 Å². The van der Waals surface area contributed by atoms with Gasteiger partial charge >= 0.3 is 0 Å². The molecule has 88 valence electrons. The summed E-state index contributed by atoms with van der Waals surface area (Å²) in [5.74, 6) is 1.02. The van der Waals surface area contributed by atoms with Crippen LogP contribution in [0.2, 0.25) is 0 Å². The van der Waals surface area contributed by atoms with Gasteiger partial charge in [0, 0.05) is 5.33 Å². The molecule has 1 saturated carbocycles. The van der Waals surface area contributed by atoms with Gasteiger partial charge in [0.05, 0.1) is 6.10 Å². The molecular weight excluding hydrogens is 264 g/mol. The molecule has 2 rings (SSSR count). The molecular formula is C14H19BrO. The van der Waals surface area contributed by atoms with E-state index < -0.39 is 0 Å². The van der Waals surface area contributed by atoms with E-state index in [4.69, 9.17) is 4.74 Å². The first kappa shape index (κ1) is 12.0. The molecule has 1 aliphatic rings. The Labute approximate surface area is 106 Å². The van der Waals surface area contributed by atoms with Crippen LogP contribution in [0.25, 0.3) is 0 Å². The van der Waals surface area contributed by atoms with Gasteiger partial charge < -0.3 is 4.74 Å². The summed E-state index contributed by atoms with van der Waals surface area (Å²) >= 11 is 3.45. The predicted molar refractivity (Wildman–Crippen MR) is 71.2 cm³/mol. The fourth-order valence-corrected chi connectivity index (χ4v) is 2.58. The summed E-state index contributed by atoms with van der Waals surface area (Å²) in [6.45, 7) is 0. The van der Waals surface area contributed by atoms with Crippen molar-refractivity contribution < 1.29 is 4.74 Å². The number of alkyl halides is 1. The van der Waals surface area contributed by atoms with E-state index in [1.165, 1.54) is 44.1 Å². The van der Waals surface area contributed by atoms with Gasteiger partial charge in [0.15, 0.2) is 0 Å². The molecule has 0 amide bonds. The largest absolute Gasteiger partial charge is 0.490 e. The number of ether oxygens (including phenoxy) is 1. The van der Waals surface area contributed by atoms with Crippen LogP contribution >= 0.6 is 15.9 Å². The van der Waals surface area contributed by atoms with E-state index in [0.29, 0.717) is 6.10 Å². The van der Waals surface area contributed by atoms with Gasteiger partial charge in [-0.3, -0.25) is 0 Å². The van der Waals surface area contributed by atoms with Crippen LogP contribution in [0, 0.1) is 0 Å². The first-order valence-electron chi connectivity index (χ1n) is 6.20. The number of hydrogen-bond acceptors (Lipinski definition) is 1. The van der Waals surface area contributed by atoms with Crippen LogP contribution < -0.4 is 4.74 Å². The summed E-state index contributed by atoms with van der Waals surface area (Å²) in [6, 6.07) is 8.42. The smallest absolute Gasteiger partial charge is 0.119 e. The summed E-state index contributed by atoms with van der Waals surface area (Å²) < 4.78 is 6.02. The van der Waals surface area contributed by atoms with Crippen LogP contribution in [-0.4, -0.2) is 6.10 Å². The minimum Gasteiger partial charge on any atom is -0.490 e. The number of benzene rings is 1. The summed E-state index contributed by atoms with van der Waals surface area (Å²) in [5, 5.41) is 0.913. The third-order valence-corrected chi connectivity index (χ3v) is 3.83. The highest BCUT2D eigenvalue weighted by atomic mass is 79.9. The fourth-order valence-electron chi connectivity index (χ4n) is 2.21. The molecule has 1 nitrogen and oxygen atoms in total. The third kappa shape index (κ3) is 3.51. The summed E-state index contributed by atoms with van der Waals surface area (Å²) in [5.41, 5.74) is 1.30. The first-order chi connectivity index (χ1) is 7.88. The van der Waals surface area contributed by atoms with Gasteiger partial charge in [-0.15, -0.1) is 0 Å². The SMILES string of the molecule is BrCc1ccc(OC2CCCCCC2)cc1. The minimum absolute atomic E-state index is 0.442. The van der Waals surface area contributed by atoms with Gasteiger partial charge in [-0.25, -0.2) is 0 Å². The van der Waals surface area contributed by atoms with E-state index in [-0.39, 0.29) is 0 Å². The van der Waals surface area contributed by atoms with Crippen molar-refractivity contribution in [3.63, 3.8) is 0 Å². The van der Waals surface area contributed by atoms with Gasteiger partial charge in [-0.05, 0) is 43.4 Å². The normalized spacial score (nSPS) is 18.1. The predicted octanol–water partition coefficient (Wildman–Crippen LogP) is 4.68. The van der Waals surface area contributed by atoms with Crippen LogP contribution in [-0.2, 0) is 5.33 Å². The maximum absolute atomic E-state index is 6.02. The van der Waals surface area contributed by atoms with Crippen LogP contribution in [0.15, 0.2) is 24.3 Å². The Bertz CT molecular complexity index is 299. The first-order valence-corrected chi connectivity index (χ1v) is 7.32. The lowest BCUT2D eigenvalue weighted by Crippen LogP contribution is -2.14. The third-order valence-electron chi connectivity index (χ3n) is 3.18. The van der Waals surface area contributed by atoms with E-state index in [1.54, 1.807) is 0 Å². The van der Waals surface area contributed by atoms with E-state index in [1.807, 2.05) is 0 Å². The second kappa shape index (κ2) is 6.29. The highest BCUT2D eigenvalue weighted by Gasteiger charge is 2.13. The van der Waals surface area contributed by atoms with Gasteiger partial charge in [0.25, 0.3) is 0 Å². The Hall–Kier alpha value is -0.500. The average Bonchev–Trinajstić information content (AvgIpc) is 2.59. The lowest BCUT2D eigenvalue weighted by molar-refractivity contribution is 0.183. The molecule has 0 heterocycles. The van der Waals surface area contributed by atoms with Crippen molar-refractivity contribution in [2.45, 2.75) is 50.0 Å². The molecule has 0 unspecified atom stereocenters. The van der Waals surface area contributed by atoms with E-state index in [2.05, 4.69) is 40.2 Å². The molecule has 0 atom stereocenters. The average molecular weight is 283 g/mol. The molecule has 1 aromatic rings. The lowest BCUT2D eigenvalue weighted by atomic mass is 10.1. The Kier molecular flexibility index (Phi) is 4.70. The van der Waals surface area contributed by atoms with Crippen molar-refractivity contribution in [1.29, 1.82) is 0 Å². The van der Waals surface area contributed by atoms with Gasteiger partial charge in [-0.1, -0.05) is 40.9 Å². The Morgan fingerprint density at radius 2 is 1.62 bits per heavy atom. The van der Waals surface area contributed by atoms with Crippen LogP contribution in [0.5, 0.6) is 5.75 Å². The molecule has 0 saturated heterocycles. The van der Waals surface area contributed by atoms with Crippen molar-refractivity contribution in [2.24, 2.45) is 0 Å². The fraction of sp³-hybridized carbons (Fsp3) is 0.571. The summed E-state index contributed by atoms with van der Waals surface area (Å²) in [7, 11) is 0. The molecule has 1 aromatic carbocycles. The zero-order valence-corrected chi connectivity index (χ0v) is 11.2. The molecule has 16 heavy (non-hydrogen) atoms. The van der Waals surface area contributed by atoms with Crippen LogP contribution in [0.4, 0.5) is 0 Å². The molecule has 0 aliphatic heterocycles. The Morgan fingerprint density at radius 3 is 2.19 bits per heavy atom. The lowest BCUT2D eigenvalue weighted by Gasteiger charge is -2.17. The molecule has 2 heteroatoms. The second-order valence-electron chi connectivity index (χ2n) is 4.51. The van der Waals surface area contributed by atoms with Gasteiger partial charge in [0.1, 0.15) is 5.75 Å². The number of rotatable bonds is 3. The molecule has 0 aromatic heterocycles. The van der Waals surface area contributed by atoms with Gasteiger partial charge in [-0.2, -0.15) is 0 Å². The highest BCUT2D eigenvalue weighted by Crippen LogP contribution is 2.23. The minimum atomic E-state index is 0.442. The van der Waals surface area contributed by atoms with Crippen LogP contribution in [0.1, 0.15) is 44.1 Å². The van der Waals surface area contributed by atoms with E-state index in [0.717, 1.165) is 11.1 Å². The Morgan fingerprint density at radius 1 is 1.00 bits per heavy atom. The zero-order chi connectivity index (χ0) is 11.2. The maximum Gasteiger partial charge on any atom is 0.119 e. The topological polar surface area (TPSA) is 9.23 Å². The quantitative estimate of drug-likeness (QED) is 0.578. The molecule has 1 aliphatic carbocycles. The summed E-state index contributed by atoms with van der Waals surface area (Å²) in [6.07, 6.45) is 8.29. The van der Waals surface area contributed by atoms with Crippen molar-refractivity contribution in [3.8, 4) is 5.75 Å². The molecule has 1 fully saturated rings. The molecule has 0 spiro atoms. The van der Waals surface area contributed by atoms with Crippen molar-refractivity contribution in [3.05, 3.63) is 29.8 Å². The highest BCUT2D eigenvalue weighted by molar-refractivity contribution is 9.08. The standard InChI is InChI=1S/C14H19BrO/c15-11-12-7-9-14(10-8-12)16-13-5-3-1-2-4-6-13/h7-10,13H,1-6,11H2. The monoisotopic (exact) mass is 282 g/mol. The van der Waals surface area contributed by atoms with Crippen molar-refractivity contribution in [1.82, 2.24) is 0 Å². The number of hydrogen-bond donors (Lipinski definition) is 0. The second-order valence-corrected chi connectivity index (χ2v) is 5.07. The van der Waals surface area contributed by atoms with E-state index >= 15 is 0 Å². The maximum atomic E-state index is 6.02. The molecule has 0 bridgehead atoms. The van der Waals surface area contributed by atoms with Crippen LogP contribution in [0.3, 0.4) is 0 Å². The molecule has 0 radical (unpaired) electrons. The Balaban J connectivity index is 1.91. The van der Waals surface area contributed by atoms with Crippen molar-refractivity contribution >= 4 is 15.9 Å². The zero-order valence-electron chi connectivity index (χ0n) is 9.62.